The van der Waals surface area contributed by atoms with E-state index in [1.54, 1.807) is 0 Å². The highest BCUT2D eigenvalue weighted by Gasteiger charge is 2.14. The number of halogens is 1. The van der Waals surface area contributed by atoms with E-state index in [1.165, 1.54) is 12.0 Å². The van der Waals surface area contributed by atoms with E-state index in [2.05, 4.69) is 21.7 Å². The molecule has 0 spiro atoms. The Morgan fingerprint density at radius 3 is 3.17 bits per heavy atom. The van der Waals surface area contributed by atoms with Gasteiger partial charge in [0.1, 0.15) is 0 Å². The molecule has 1 aliphatic heterocycles. The largest absolute Gasteiger partial charge is 0.315 e. The normalized spacial score (nSPS) is 19.5. The smallest absolute Gasteiger partial charge is 0.0761 e. The summed E-state index contributed by atoms with van der Waals surface area (Å²) in [6, 6.07) is 8.53. The molecule has 0 radical (unpaired) electrons. The molecule has 1 saturated heterocycles. The van der Waals surface area contributed by atoms with Crippen LogP contribution in [0.4, 0.5) is 0 Å². The zero-order chi connectivity index (χ0) is 12.4. The zero-order valence-electron chi connectivity index (χ0n) is 10.1. The van der Waals surface area contributed by atoms with Gasteiger partial charge < -0.3 is 10.6 Å². The van der Waals surface area contributed by atoms with E-state index in [0.717, 1.165) is 35.6 Å². The lowest BCUT2D eigenvalue weighted by molar-refractivity contribution is 0.548. The first-order valence-electron chi connectivity index (χ1n) is 6.31. The third kappa shape index (κ3) is 2.34. The number of aromatic nitrogens is 1. The molecule has 3 rings (SSSR count). The molecule has 1 fully saturated rings. The molecule has 3 nitrogen and oxygen atoms in total. The molecule has 0 bridgehead atoms. The van der Waals surface area contributed by atoms with E-state index in [-0.39, 0.29) is 0 Å². The standard InChI is InChI=1S/C14H16ClN3/c15-13-4-3-10(8-18-11-5-7-16-9-11)14-12(13)2-1-6-17-14/h1-4,6,11,16,18H,5,7-9H2. The van der Waals surface area contributed by atoms with Crippen LogP contribution in [0.5, 0.6) is 0 Å². The lowest BCUT2D eigenvalue weighted by Gasteiger charge is -2.12. The van der Waals surface area contributed by atoms with Gasteiger partial charge in [0.25, 0.3) is 0 Å². The number of hydrogen-bond acceptors (Lipinski definition) is 3. The molecule has 1 aliphatic rings. The highest BCUT2D eigenvalue weighted by molar-refractivity contribution is 6.35. The summed E-state index contributed by atoms with van der Waals surface area (Å²) >= 11 is 6.19. The van der Waals surface area contributed by atoms with Crippen LogP contribution in [-0.2, 0) is 6.54 Å². The number of nitrogens with zero attached hydrogens (tertiary/aromatic N) is 1. The van der Waals surface area contributed by atoms with Gasteiger partial charge in [-0.3, -0.25) is 4.98 Å². The minimum Gasteiger partial charge on any atom is -0.315 e. The Bertz CT molecular complexity index is 550. The maximum atomic E-state index is 6.19. The minimum atomic E-state index is 0.569. The summed E-state index contributed by atoms with van der Waals surface area (Å²) in [4.78, 5) is 4.45. The van der Waals surface area contributed by atoms with Crippen molar-refractivity contribution in [3.8, 4) is 0 Å². The fourth-order valence-corrected chi connectivity index (χ4v) is 2.64. The molecule has 18 heavy (non-hydrogen) atoms. The van der Waals surface area contributed by atoms with E-state index >= 15 is 0 Å². The first kappa shape index (κ1) is 11.9. The molecule has 0 amide bonds. The monoisotopic (exact) mass is 261 g/mol. The van der Waals surface area contributed by atoms with Crippen LogP contribution < -0.4 is 10.6 Å². The number of fused-ring (bicyclic) bond motifs is 1. The quantitative estimate of drug-likeness (QED) is 0.891. The summed E-state index contributed by atoms with van der Waals surface area (Å²) in [7, 11) is 0. The number of rotatable bonds is 3. The van der Waals surface area contributed by atoms with Crippen LogP contribution in [0.1, 0.15) is 12.0 Å². The predicted octanol–water partition coefficient (Wildman–Crippen LogP) is 2.34. The van der Waals surface area contributed by atoms with Gasteiger partial charge in [0.2, 0.25) is 0 Å². The molecule has 2 N–H and O–H groups in total. The Kier molecular flexibility index (Phi) is 3.46. The average molecular weight is 262 g/mol. The van der Waals surface area contributed by atoms with Gasteiger partial charge in [0.05, 0.1) is 5.52 Å². The van der Waals surface area contributed by atoms with Crippen LogP contribution in [0.15, 0.2) is 30.5 Å². The van der Waals surface area contributed by atoms with Crippen molar-refractivity contribution in [2.75, 3.05) is 13.1 Å². The van der Waals surface area contributed by atoms with Crippen molar-refractivity contribution >= 4 is 22.5 Å². The second-order valence-corrected chi connectivity index (χ2v) is 5.08. The number of nitrogens with one attached hydrogen (secondary N) is 2. The summed E-state index contributed by atoms with van der Waals surface area (Å²) < 4.78 is 0. The van der Waals surface area contributed by atoms with Crippen LogP contribution >= 0.6 is 11.6 Å². The fraction of sp³-hybridized carbons (Fsp3) is 0.357. The van der Waals surface area contributed by atoms with Crippen LogP contribution in [-0.4, -0.2) is 24.1 Å². The molecule has 1 atom stereocenters. The Morgan fingerprint density at radius 1 is 1.39 bits per heavy atom. The molecule has 2 aromatic rings. The summed E-state index contributed by atoms with van der Waals surface area (Å²) in [6.45, 7) is 3.01. The van der Waals surface area contributed by atoms with Gasteiger partial charge in [-0.05, 0) is 36.7 Å². The summed E-state index contributed by atoms with van der Waals surface area (Å²) in [5.41, 5.74) is 2.21. The maximum absolute atomic E-state index is 6.19. The zero-order valence-corrected chi connectivity index (χ0v) is 10.9. The van der Waals surface area contributed by atoms with Crippen molar-refractivity contribution in [2.24, 2.45) is 0 Å². The van der Waals surface area contributed by atoms with Crippen molar-refractivity contribution in [1.82, 2.24) is 15.6 Å². The van der Waals surface area contributed by atoms with Gasteiger partial charge in [-0.2, -0.15) is 0 Å². The fourth-order valence-electron chi connectivity index (χ4n) is 2.42. The van der Waals surface area contributed by atoms with Gasteiger partial charge in [-0.1, -0.05) is 17.7 Å². The van der Waals surface area contributed by atoms with E-state index in [1.807, 2.05) is 24.4 Å². The topological polar surface area (TPSA) is 37.0 Å². The molecule has 1 aromatic carbocycles. The minimum absolute atomic E-state index is 0.569. The molecule has 0 aliphatic carbocycles. The van der Waals surface area contributed by atoms with Gasteiger partial charge in [0, 0.05) is 35.7 Å². The molecular formula is C14H16ClN3. The highest BCUT2D eigenvalue weighted by atomic mass is 35.5. The predicted molar refractivity (Wildman–Crippen MR) is 74.9 cm³/mol. The molecular weight excluding hydrogens is 246 g/mol. The molecule has 2 heterocycles. The number of hydrogen-bond donors (Lipinski definition) is 2. The van der Waals surface area contributed by atoms with Crippen LogP contribution in [0.2, 0.25) is 5.02 Å². The second kappa shape index (κ2) is 5.22. The van der Waals surface area contributed by atoms with Crippen molar-refractivity contribution in [3.05, 3.63) is 41.0 Å². The summed E-state index contributed by atoms with van der Waals surface area (Å²) in [5, 5.41) is 8.72. The Morgan fingerprint density at radius 2 is 2.33 bits per heavy atom. The summed E-state index contributed by atoms with van der Waals surface area (Å²) in [5.74, 6) is 0. The maximum Gasteiger partial charge on any atom is 0.0761 e. The lowest BCUT2D eigenvalue weighted by atomic mass is 10.1. The van der Waals surface area contributed by atoms with E-state index < -0.39 is 0 Å². The van der Waals surface area contributed by atoms with Gasteiger partial charge >= 0.3 is 0 Å². The Labute approximate surface area is 112 Å². The Hall–Kier alpha value is -1.16. The SMILES string of the molecule is Clc1ccc(CNC2CCNC2)c2ncccc12. The lowest BCUT2D eigenvalue weighted by Crippen LogP contribution is -2.30. The van der Waals surface area contributed by atoms with Gasteiger partial charge in [-0.25, -0.2) is 0 Å². The molecule has 0 saturated carbocycles. The van der Waals surface area contributed by atoms with E-state index in [0.29, 0.717) is 6.04 Å². The first-order valence-corrected chi connectivity index (χ1v) is 6.68. The van der Waals surface area contributed by atoms with Gasteiger partial charge in [-0.15, -0.1) is 0 Å². The van der Waals surface area contributed by atoms with Crippen molar-refractivity contribution < 1.29 is 0 Å². The average Bonchev–Trinajstić information content (AvgIpc) is 2.92. The molecule has 4 heteroatoms. The van der Waals surface area contributed by atoms with E-state index in [9.17, 15) is 0 Å². The van der Waals surface area contributed by atoms with Crippen LogP contribution in [0.3, 0.4) is 0 Å². The molecule has 94 valence electrons. The van der Waals surface area contributed by atoms with E-state index in [4.69, 9.17) is 11.6 Å². The third-order valence-electron chi connectivity index (χ3n) is 3.44. The highest BCUT2D eigenvalue weighted by Crippen LogP contribution is 2.24. The molecule has 1 aromatic heterocycles. The number of pyridine rings is 1. The molecule has 1 unspecified atom stereocenters. The van der Waals surface area contributed by atoms with Gasteiger partial charge in [0.15, 0.2) is 0 Å². The van der Waals surface area contributed by atoms with Crippen LogP contribution in [0, 0.1) is 0 Å². The van der Waals surface area contributed by atoms with Crippen molar-refractivity contribution in [3.63, 3.8) is 0 Å². The Balaban J connectivity index is 1.85. The van der Waals surface area contributed by atoms with Crippen molar-refractivity contribution in [1.29, 1.82) is 0 Å². The number of benzene rings is 1. The third-order valence-corrected chi connectivity index (χ3v) is 3.77. The van der Waals surface area contributed by atoms with Crippen LogP contribution in [0.25, 0.3) is 10.9 Å². The van der Waals surface area contributed by atoms with Crippen molar-refractivity contribution in [2.45, 2.75) is 19.0 Å². The second-order valence-electron chi connectivity index (χ2n) is 4.68. The summed E-state index contributed by atoms with van der Waals surface area (Å²) in [6.07, 6.45) is 3.01. The first-order chi connectivity index (χ1) is 8.84.